The Morgan fingerprint density at radius 3 is 2.78 bits per heavy atom. The number of nitrogens with zero attached hydrogens (tertiary/aromatic N) is 1. The summed E-state index contributed by atoms with van der Waals surface area (Å²) >= 11 is 11.9. The maximum Gasteiger partial charge on any atom is 0.132 e. The van der Waals surface area contributed by atoms with Gasteiger partial charge in [-0.1, -0.05) is 29.3 Å². The highest BCUT2D eigenvalue weighted by atomic mass is 35.5. The molecule has 1 aromatic heterocycles. The molecule has 0 atom stereocenters. The van der Waals surface area contributed by atoms with E-state index in [1.165, 1.54) is 0 Å². The van der Waals surface area contributed by atoms with Gasteiger partial charge in [0.05, 0.1) is 11.9 Å². The Labute approximate surface area is 115 Å². The van der Waals surface area contributed by atoms with Crippen molar-refractivity contribution in [2.75, 3.05) is 5.32 Å². The molecule has 0 aliphatic rings. The van der Waals surface area contributed by atoms with Crippen LogP contribution in [0.15, 0.2) is 30.5 Å². The molecule has 0 saturated carbocycles. The van der Waals surface area contributed by atoms with Crippen LogP contribution in [0.4, 0.5) is 5.69 Å². The molecule has 0 unspecified atom stereocenters. The van der Waals surface area contributed by atoms with E-state index in [2.05, 4.69) is 10.3 Å². The molecule has 2 N–H and O–H groups in total. The highest BCUT2D eigenvalue weighted by molar-refractivity contribution is 6.31. The number of halogens is 2. The van der Waals surface area contributed by atoms with Crippen molar-refractivity contribution in [2.45, 2.75) is 13.5 Å². The fourth-order valence-electron chi connectivity index (χ4n) is 1.57. The van der Waals surface area contributed by atoms with Gasteiger partial charge in [-0.2, -0.15) is 0 Å². The molecule has 0 aliphatic carbocycles. The third kappa shape index (κ3) is 2.86. The van der Waals surface area contributed by atoms with Crippen LogP contribution < -0.4 is 5.32 Å². The van der Waals surface area contributed by atoms with Gasteiger partial charge in [0.15, 0.2) is 0 Å². The Hall–Kier alpha value is -1.45. The second-order valence-electron chi connectivity index (χ2n) is 3.92. The molecule has 0 saturated heterocycles. The van der Waals surface area contributed by atoms with Crippen LogP contribution in [-0.2, 0) is 6.54 Å². The largest absolute Gasteiger partial charge is 0.508 e. The van der Waals surface area contributed by atoms with Crippen LogP contribution in [0.1, 0.15) is 11.1 Å². The monoisotopic (exact) mass is 282 g/mol. The lowest BCUT2D eigenvalue weighted by atomic mass is 10.2. The molecule has 0 spiro atoms. The van der Waals surface area contributed by atoms with Crippen LogP contribution in [-0.4, -0.2) is 10.1 Å². The zero-order valence-electron chi connectivity index (χ0n) is 9.74. The van der Waals surface area contributed by atoms with Crippen molar-refractivity contribution in [1.29, 1.82) is 0 Å². The number of hydrogen-bond donors (Lipinski definition) is 2. The number of aryl methyl sites for hydroxylation is 1. The number of anilines is 1. The summed E-state index contributed by atoms with van der Waals surface area (Å²) in [5, 5.41) is 13.9. The van der Waals surface area contributed by atoms with Crippen LogP contribution >= 0.6 is 23.2 Å². The number of nitrogens with one attached hydrogen (secondary N) is 1. The fraction of sp³-hybridized carbons (Fsp3) is 0.154. The molecule has 0 aliphatic heterocycles. The summed E-state index contributed by atoms with van der Waals surface area (Å²) in [6.07, 6.45) is 1.64. The van der Waals surface area contributed by atoms with Crippen LogP contribution in [0.3, 0.4) is 0 Å². The predicted octanol–water partition coefficient (Wildman–Crippen LogP) is 4.01. The van der Waals surface area contributed by atoms with Gasteiger partial charge in [0.2, 0.25) is 0 Å². The molecule has 2 rings (SSSR count). The highest BCUT2D eigenvalue weighted by Crippen LogP contribution is 2.26. The van der Waals surface area contributed by atoms with Crippen LogP contribution in [0, 0.1) is 6.92 Å². The van der Waals surface area contributed by atoms with Gasteiger partial charge < -0.3 is 10.4 Å². The SMILES string of the molecule is Cc1cc(NCc2c(O)cccc2Cl)cnc1Cl. The number of phenolic OH excluding ortho intramolecular Hbond substituents is 1. The fourth-order valence-corrected chi connectivity index (χ4v) is 1.91. The summed E-state index contributed by atoms with van der Waals surface area (Å²) in [7, 11) is 0. The Kier molecular flexibility index (Phi) is 3.94. The van der Waals surface area contributed by atoms with Gasteiger partial charge >= 0.3 is 0 Å². The van der Waals surface area contributed by atoms with E-state index in [1.807, 2.05) is 13.0 Å². The number of aromatic nitrogens is 1. The van der Waals surface area contributed by atoms with E-state index in [-0.39, 0.29) is 5.75 Å². The van der Waals surface area contributed by atoms with Crippen LogP contribution in [0.5, 0.6) is 5.75 Å². The first-order valence-corrected chi connectivity index (χ1v) is 6.16. The molecular weight excluding hydrogens is 271 g/mol. The minimum atomic E-state index is 0.175. The third-order valence-corrected chi connectivity index (χ3v) is 3.33. The second-order valence-corrected chi connectivity index (χ2v) is 4.69. The molecule has 18 heavy (non-hydrogen) atoms. The number of hydrogen-bond acceptors (Lipinski definition) is 3. The maximum atomic E-state index is 9.71. The van der Waals surface area contributed by atoms with Gasteiger partial charge in [-0.3, -0.25) is 0 Å². The number of aromatic hydroxyl groups is 1. The standard InChI is InChI=1S/C13H12Cl2N2O/c1-8-5-9(6-17-13(8)15)16-7-10-11(14)3-2-4-12(10)18/h2-6,16,18H,7H2,1H3. The first-order chi connectivity index (χ1) is 8.58. The van der Waals surface area contributed by atoms with E-state index in [9.17, 15) is 5.11 Å². The molecule has 5 heteroatoms. The summed E-state index contributed by atoms with van der Waals surface area (Å²) in [6.45, 7) is 2.31. The smallest absolute Gasteiger partial charge is 0.132 e. The van der Waals surface area contributed by atoms with Gasteiger partial charge in [0, 0.05) is 17.1 Å². The molecule has 0 fully saturated rings. The first kappa shape index (κ1) is 13.0. The zero-order chi connectivity index (χ0) is 13.1. The normalized spacial score (nSPS) is 10.4. The molecular formula is C13H12Cl2N2O. The van der Waals surface area contributed by atoms with Crippen molar-refractivity contribution in [1.82, 2.24) is 4.98 Å². The molecule has 94 valence electrons. The average Bonchev–Trinajstić information content (AvgIpc) is 2.33. The van der Waals surface area contributed by atoms with E-state index in [1.54, 1.807) is 24.4 Å². The molecule has 0 amide bonds. The highest BCUT2D eigenvalue weighted by Gasteiger charge is 2.06. The van der Waals surface area contributed by atoms with E-state index in [4.69, 9.17) is 23.2 Å². The summed E-state index contributed by atoms with van der Waals surface area (Å²) in [5.74, 6) is 0.175. The molecule has 0 bridgehead atoms. The van der Waals surface area contributed by atoms with Crippen molar-refractivity contribution in [3.63, 3.8) is 0 Å². The lowest BCUT2D eigenvalue weighted by Gasteiger charge is -2.10. The first-order valence-electron chi connectivity index (χ1n) is 5.40. The Bertz CT molecular complexity index is 553. The Morgan fingerprint density at radius 1 is 1.33 bits per heavy atom. The lowest BCUT2D eigenvalue weighted by molar-refractivity contribution is 0.469. The van der Waals surface area contributed by atoms with Gasteiger partial charge in [-0.15, -0.1) is 0 Å². The maximum absolute atomic E-state index is 9.71. The van der Waals surface area contributed by atoms with Crippen LogP contribution in [0.2, 0.25) is 10.2 Å². The van der Waals surface area contributed by atoms with Crippen molar-refractivity contribution >= 4 is 28.9 Å². The third-order valence-electron chi connectivity index (χ3n) is 2.58. The van der Waals surface area contributed by atoms with Gasteiger partial charge in [-0.25, -0.2) is 4.98 Å². The van der Waals surface area contributed by atoms with Crippen molar-refractivity contribution in [2.24, 2.45) is 0 Å². The number of rotatable bonds is 3. The summed E-state index contributed by atoms with van der Waals surface area (Å²) in [5.41, 5.74) is 2.38. The summed E-state index contributed by atoms with van der Waals surface area (Å²) in [4.78, 5) is 4.04. The molecule has 0 radical (unpaired) electrons. The predicted molar refractivity (Wildman–Crippen MR) is 74.4 cm³/mol. The Balaban J connectivity index is 2.14. The molecule has 3 nitrogen and oxygen atoms in total. The summed E-state index contributed by atoms with van der Waals surface area (Å²) in [6, 6.07) is 6.94. The van der Waals surface area contributed by atoms with Crippen molar-refractivity contribution in [3.05, 3.63) is 51.8 Å². The van der Waals surface area contributed by atoms with E-state index < -0.39 is 0 Å². The topological polar surface area (TPSA) is 45.1 Å². The van der Waals surface area contributed by atoms with Crippen LogP contribution in [0.25, 0.3) is 0 Å². The minimum Gasteiger partial charge on any atom is -0.508 e. The number of benzene rings is 1. The van der Waals surface area contributed by atoms with E-state index >= 15 is 0 Å². The summed E-state index contributed by atoms with van der Waals surface area (Å²) < 4.78 is 0. The molecule has 2 aromatic rings. The van der Waals surface area contributed by atoms with E-state index in [0.717, 1.165) is 11.3 Å². The lowest BCUT2D eigenvalue weighted by Crippen LogP contribution is -2.01. The minimum absolute atomic E-state index is 0.175. The average molecular weight is 283 g/mol. The van der Waals surface area contributed by atoms with Gasteiger partial charge in [0.25, 0.3) is 0 Å². The number of phenols is 1. The van der Waals surface area contributed by atoms with Gasteiger partial charge in [0.1, 0.15) is 10.9 Å². The Morgan fingerprint density at radius 2 is 2.11 bits per heavy atom. The van der Waals surface area contributed by atoms with Crippen molar-refractivity contribution in [3.8, 4) is 5.75 Å². The van der Waals surface area contributed by atoms with Gasteiger partial charge in [-0.05, 0) is 30.7 Å². The second kappa shape index (κ2) is 5.46. The molecule has 1 heterocycles. The number of pyridine rings is 1. The molecule has 1 aromatic carbocycles. The van der Waals surface area contributed by atoms with E-state index in [0.29, 0.717) is 22.3 Å². The van der Waals surface area contributed by atoms with Crippen molar-refractivity contribution < 1.29 is 5.11 Å². The quantitative estimate of drug-likeness (QED) is 0.836. The zero-order valence-corrected chi connectivity index (χ0v) is 11.3.